The number of sulfonamides is 1. The van der Waals surface area contributed by atoms with Gasteiger partial charge in [-0.15, -0.1) is 0 Å². The quantitative estimate of drug-likeness (QED) is 0.146. The standard InChI is InChI=1S/C35H37Cl2N3O4S/c1-3-4-21-38-35(42)33(23-27-12-6-5-7-13-27)39(24-28-14-10-15-30(37)22-28)34(41)25-40(32-16-9-8-11-26(32)2)45(43,44)31-19-17-29(36)18-20-31/h5-20,22,33H,3-4,21,23-25H2,1-2H3,(H,38,42)/t33-/m0/s1. The summed E-state index contributed by atoms with van der Waals surface area (Å²) in [5, 5.41) is 3.86. The Hall–Kier alpha value is -3.85. The molecule has 4 aromatic rings. The number of unbranched alkanes of at least 4 members (excludes halogenated alkanes) is 1. The largest absolute Gasteiger partial charge is 0.354 e. The summed E-state index contributed by atoms with van der Waals surface area (Å²) in [6.45, 7) is 3.78. The molecule has 7 nitrogen and oxygen atoms in total. The lowest BCUT2D eigenvalue weighted by molar-refractivity contribution is -0.140. The van der Waals surface area contributed by atoms with Crippen LogP contribution in [0.25, 0.3) is 0 Å². The van der Waals surface area contributed by atoms with E-state index in [9.17, 15) is 18.0 Å². The van der Waals surface area contributed by atoms with Crippen LogP contribution in [0.5, 0.6) is 0 Å². The number of aryl methyl sites for hydroxylation is 1. The van der Waals surface area contributed by atoms with Crippen molar-refractivity contribution in [2.75, 3.05) is 17.4 Å². The second-order valence-corrected chi connectivity index (χ2v) is 13.5. The Bertz CT molecular complexity index is 1700. The second kappa shape index (κ2) is 15.9. The highest BCUT2D eigenvalue weighted by atomic mass is 35.5. The molecule has 0 heterocycles. The Balaban J connectivity index is 1.80. The zero-order valence-corrected chi connectivity index (χ0v) is 27.7. The third-order valence-corrected chi connectivity index (χ3v) is 9.67. The van der Waals surface area contributed by atoms with Gasteiger partial charge in [0.2, 0.25) is 11.8 Å². The summed E-state index contributed by atoms with van der Waals surface area (Å²) in [5.41, 5.74) is 2.60. The van der Waals surface area contributed by atoms with Crippen LogP contribution in [0.1, 0.15) is 36.5 Å². The molecule has 0 spiro atoms. The monoisotopic (exact) mass is 665 g/mol. The number of benzene rings is 4. The third kappa shape index (κ3) is 9.10. The Labute approximate surface area is 275 Å². The molecule has 0 aromatic heterocycles. The van der Waals surface area contributed by atoms with Crippen molar-refractivity contribution < 1.29 is 18.0 Å². The molecule has 0 saturated heterocycles. The molecule has 0 radical (unpaired) electrons. The third-order valence-electron chi connectivity index (χ3n) is 7.41. The van der Waals surface area contributed by atoms with E-state index in [0.717, 1.165) is 22.7 Å². The van der Waals surface area contributed by atoms with Gasteiger partial charge in [0.05, 0.1) is 10.6 Å². The van der Waals surface area contributed by atoms with Crippen molar-refractivity contribution in [3.63, 3.8) is 0 Å². The van der Waals surface area contributed by atoms with Crippen molar-refractivity contribution in [2.45, 2.75) is 50.6 Å². The number of para-hydroxylation sites is 1. The molecule has 0 saturated carbocycles. The van der Waals surface area contributed by atoms with Gasteiger partial charge in [-0.3, -0.25) is 13.9 Å². The van der Waals surface area contributed by atoms with Gasteiger partial charge in [0.15, 0.2) is 0 Å². The summed E-state index contributed by atoms with van der Waals surface area (Å²) < 4.78 is 29.4. The Morgan fingerprint density at radius 1 is 0.822 bits per heavy atom. The minimum absolute atomic E-state index is 0.0116. The highest BCUT2D eigenvalue weighted by Gasteiger charge is 2.35. The van der Waals surface area contributed by atoms with Crippen LogP contribution in [-0.4, -0.2) is 44.3 Å². The number of hydrogen-bond acceptors (Lipinski definition) is 4. The maximum Gasteiger partial charge on any atom is 0.264 e. The summed E-state index contributed by atoms with van der Waals surface area (Å²) in [7, 11) is -4.22. The first kappa shape index (κ1) is 34.0. The molecule has 4 aromatic carbocycles. The molecule has 0 fully saturated rings. The van der Waals surface area contributed by atoms with Crippen LogP contribution in [0, 0.1) is 6.92 Å². The van der Waals surface area contributed by atoms with Crippen LogP contribution in [0.15, 0.2) is 108 Å². The van der Waals surface area contributed by atoms with Gasteiger partial charge in [0, 0.05) is 29.6 Å². The van der Waals surface area contributed by atoms with Gasteiger partial charge < -0.3 is 10.2 Å². The molecule has 1 atom stereocenters. The van der Waals surface area contributed by atoms with E-state index in [0.29, 0.717) is 33.4 Å². The number of nitrogens with one attached hydrogen (secondary N) is 1. The van der Waals surface area contributed by atoms with Gasteiger partial charge >= 0.3 is 0 Å². The number of anilines is 1. The summed E-state index contributed by atoms with van der Waals surface area (Å²) in [4.78, 5) is 29.8. The van der Waals surface area contributed by atoms with Crippen LogP contribution in [0.4, 0.5) is 5.69 Å². The lowest BCUT2D eigenvalue weighted by Crippen LogP contribution is -2.53. The maximum absolute atomic E-state index is 14.5. The van der Waals surface area contributed by atoms with E-state index < -0.39 is 28.5 Å². The summed E-state index contributed by atoms with van der Waals surface area (Å²) in [6, 6.07) is 28.4. The van der Waals surface area contributed by atoms with Gasteiger partial charge in [-0.25, -0.2) is 8.42 Å². The number of nitrogens with zero attached hydrogens (tertiary/aromatic N) is 2. The van der Waals surface area contributed by atoms with E-state index >= 15 is 0 Å². The molecule has 236 valence electrons. The van der Waals surface area contributed by atoms with Crippen LogP contribution in [-0.2, 0) is 32.6 Å². The van der Waals surface area contributed by atoms with Gasteiger partial charge in [0.1, 0.15) is 12.6 Å². The molecule has 2 amide bonds. The van der Waals surface area contributed by atoms with Crippen molar-refractivity contribution >= 4 is 50.7 Å². The van der Waals surface area contributed by atoms with Crippen LogP contribution in [0.2, 0.25) is 10.0 Å². The lowest BCUT2D eigenvalue weighted by atomic mass is 10.0. The van der Waals surface area contributed by atoms with Gasteiger partial charge in [-0.05, 0) is 72.5 Å². The molecule has 0 unspecified atom stereocenters. The molecule has 1 N–H and O–H groups in total. The van der Waals surface area contributed by atoms with Gasteiger partial charge in [-0.1, -0.05) is 97.2 Å². The molecule has 0 aliphatic rings. The van der Waals surface area contributed by atoms with Gasteiger partial charge in [-0.2, -0.15) is 0 Å². The molecule has 0 bridgehead atoms. The smallest absolute Gasteiger partial charge is 0.264 e. The lowest BCUT2D eigenvalue weighted by Gasteiger charge is -2.34. The molecule has 0 aliphatic heterocycles. The second-order valence-electron chi connectivity index (χ2n) is 10.8. The van der Waals surface area contributed by atoms with Crippen LogP contribution < -0.4 is 9.62 Å². The van der Waals surface area contributed by atoms with E-state index in [-0.39, 0.29) is 23.8 Å². The summed E-state index contributed by atoms with van der Waals surface area (Å²) in [5.74, 6) is -0.854. The zero-order valence-electron chi connectivity index (χ0n) is 25.3. The first-order valence-electron chi connectivity index (χ1n) is 14.8. The maximum atomic E-state index is 14.5. The predicted molar refractivity (Wildman–Crippen MR) is 181 cm³/mol. The van der Waals surface area contributed by atoms with E-state index in [1.807, 2.05) is 43.3 Å². The molecule has 45 heavy (non-hydrogen) atoms. The molecule has 0 aliphatic carbocycles. The SMILES string of the molecule is CCCCNC(=O)[C@H](Cc1ccccc1)N(Cc1cccc(Cl)c1)C(=O)CN(c1ccccc1C)S(=O)(=O)c1ccc(Cl)cc1. The number of halogens is 2. The zero-order chi connectivity index (χ0) is 32.4. The first-order chi connectivity index (χ1) is 21.6. The van der Waals surface area contributed by atoms with Crippen molar-refractivity contribution in [3.8, 4) is 0 Å². The number of amides is 2. The Morgan fingerprint density at radius 2 is 1.49 bits per heavy atom. The highest BCUT2D eigenvalue weighted by molar-refractivity contribution is 7.92. The average molecular weight is 667 g/mol. The van der Waals surface area contributed by atoms with Gasteiger partial charge in [0.25, 0.3) is 10.0 Å². The van der Waals surface area contributed by atoms with Crippen LogP contribution >= 0.6 is 23.2 Å². The van der Waals surface area contributed by atoms with Crippen molar-refractivity contribution in [2.24, 2.45) is 0 Å². The molecule has 10 heteroatoms. The molecular weight excluding hydrogens is 629 g/mol. The average Bonchev–Trinajstić information content (AvgIpc) is 3.02. The molecule has 4 rings (SSSR count). The Morgan fingerprint density at radius 3 is 2.16 bits per heavy atom. The Kier molecular flexibility index (Phi) is 12.0. The summed E-state index contributed by atoms with van der Waals surface area (Å²) >= 11 is 12.4. The predicted octanol–water partition coefficient (Wildman–Crippen LogP) is 7.05. The fourth-order valence-electron chi connectivity index (χ4n) is 4.98. The minimum Gasteiger partial charge on any atom is -0.354 e. The van der Waals surface area contributed by atoms with Crippen LogP contribution in [0.3, 0.4) is 0 Å². The fraction of sp³-hybridized carbons (Fsp3) is 0.257. The number of carbonyl (C=O) groups is 2. The highest BCUT2D eigenvalue weighted by Crippen LogP contribution is 2.28. The van der Waals surface area contributed by atoms with Crippen molar-refractivity contribution in [1.82, 2.24) is 10.2 Å². The van der Waals surface area contributed by atoms with E-state index in [2.05, 4.69) is 5.32 Å². The van der Waals surface area contributed by atoms with E-state index in [4.69, 9.17) is 23.2 Å². The number of hydrogen-bond donors (Lipinski definition) is 1. The van der Waals surface area contributed by atoms with Crippen molar-refractivity contribution in [3.05, 3.63) is 130 Å². The number of carbonyl (C=O) groups excluding carboxylic acids is 2. The minimum atomic E-state index is -4.22. The van der Waals surface area contributed by atoms with E-state index in [1.54, 1.807) is 49.4 Å². The van der Waals surface area contributed by atoms with Crippen molar-refractivity contribution in [1.29, 1.82) is 0 Å². The topological polar surface area (TPSA) is 86.8 Å². The molecular formula is C35H37Cl2N3O4S. The van der Waals surface area contributed by atoms with E-state index in [1.165, 1.54) is 29.2 Å². The summed E-state index contributed by atoms with van der Waals surface area (Å²) in [6.07, 6.45) is 1.91. The fourth-order valence-corrected chi connectivity index (χ4v) is 6.80. The first-order valence-corrected chi connectivity index (χ1v) is 17.0. The number of rotatable bonds is 14. The normalized spacial score (nSPS) is 11.9.